The van der Waals surface area contributed by atoms with E-state index in [2.05, 4.69) is 4.90 Å². The van der Waals surface area contributed by atoms with Gasteiger partial charge >= 0.3 is 17.9 Å². The number of aliphatic carboxylic acids is 2. The number of rotatable bonds is 3. The van der Waals surface area contributed by atoms with Crippen LogP contribution in [0.4, 0.5) is 0 Å². The van der Waals surface area contributed by atoms with Gasteiger partial charge in [0.15, 0.2) is 0 Å². The normalized spacial score (nSPS) is 16.6. The van der Waals surface area contributed by atoms with Crippen molar-refractivity contribution in [3.05, 3.63) is 42.0 Å². The van der Waals surface area contributed by atoms with Crippen molar-refractivity contribution in [2.75, 3.05) is 20.1 Å². The van der Waals surface area contributed by atoms with Crippen molar-refractivity contribution >= 4 is 28.7 Å². The van der Waals surface area contributed by atoms with E-state index in [-0.39, 0.29) is 11.7 Å². The molecule has 0 radical (unpaired) electrons. The third-order valence-corrected chi connectivity index (χ3v) is 3.90. The van der Waals surface area contributed by atoms with Crippen LogP contribution < -0.4 is 4.74 Å². The molecule has 1 aliphatic rings. The Hall–Kier alpha value is -3.13. The number of benzene rings is 2. The largest absolute Gasteiger partial charge is 0.488 e. The lowest BCUT2D eigenvalue weighted by Gasteiger charge is -2.16. The number of hydrogen-bond acceptors (Lipinski definition) is 5. The first-order valence-electron chi connectivity index (χ1n) is 7.85. The Morgan fingerprint density at radius 2 is 1.62 bits per heavy atom. The first-order chi connectivity index (χ1) is 12.3. The molecule has 8 heteroatoms. The third kappa shape index (κ3) is 4.93. The fourth-order valence-electron chi connectivity index (χ4n) is 2.65. The Labute approximate surface area is 149 Å². The van der Waals surface area contributed by atoms with Crippen molar-refractivity contribution < 1.29 is 34.4 Å². The maximum absolute atomic E-state index is 11.4. The predicted octanol–water partition coefficient (Wildman–Crippen LogP) is 1.78. The van der Waals surface area contributed by atoms with E-state index in [1.807, 2.05) is 37.4 Å². The molecule has 2 aromatic rings. The fourth-order valence-corrected chi connectivity index (χ4v) is 2.65. The Balaban J connectivity index is 0.000000352. The number of nitrogens with zero attached hydrogens (tertiary/aromatic N) is 1. The average molecular weight is 361 g/mol. The smallest absolute Gasteiger partial charge is 0.414 e. The topological polar surface area (TPSA) is 124 Å². The summed E-state index contributed by atoms with van der Waals surface area (Å²) in [5, 5.41) is 26.1. The molecule has 1 unspecified atom stereocenters. The fraction of sp³-hybridized carbons (Fsp3) is 0.278. The maximum Gasteiger partial charge on any atom is 0.414 e. The summed E-state index contributed by atoms with van der Waals surface area (Å²) in [6.45, 7) is 1.83. The predicted molar refractivity (Wildman–Crippen MR) is 92.7 cm³/mol. The Morgan fingerprint density at radius 3 is 2.08 bits per heavy atom. The van der Waals surface area contributed by atoms with Crippen molar-refractivity contribution in [2.24, 2.45) is 0 Å². The molecule has 1 aliphatic heterocycles. The van der Waals surface area contributed by atoms with Crippen molar-refractivity contribution in [3.8, 4) is 5.75 Å². The molecule has 1 atom stereocenters. The highest BCUT2D eigenvalue weighted by Crippen LogP contribution is 2.28. The molecule has 1 fully saturated rings. The van der Waals surface area contributed by atoms with Gasteiger partial charge < -0.3 is 25.0 Å². The lowest BCUT2D eigenvalue weighted by atomic mass is 10.1. The highest BCUT2D eigenvalue weighted by atomic mass is 16.5. The zero-order chi connectivity index (χ0) is 19.3. The monoisotopic (exact) mass is 361 g/mol. The first kappa shape index (κ1) is 19.2. The molecule has 1 heterocycles. The van der Waals surface area contributed by atoms with Gasteiger partial charge in [-0.1, -0.05) is 24.3 Å². The van der Waals surface area contributed by atoms with Crippen LogP contribution in [0.1, 0.15) is 16.8 Å². The molecule has 2 aromatic carbocycles. The summed E-state index contributed by atoms with van der Waals surface area (Å²) in [6, 6.07) is 11.2. The van der Waals surface area contributed by atoms with Gasteiger partial charge in [-0.2, -0.15) is 0 Å². The molecule has 3 N–H and O–H groups in total. The second-order valence-electron chi connectivity index (χ2n) is 5.90. The summed E-state index contributed by atoms with van der Waals surface area (Å²) in [6.07, 6.45) is 1.00. The molecule has 26 heavy (non-hydrogen) atoms. The lowest BCUT2D eigenvalue weighted by Crippen LogP contribution is -2.22. The second kappa shape index (κ2) is 8.30. The van der Waals surface area contributed by atoms with Crippen molar-refractivity contribution in [3.63, 3.8) is 0 Å². The van der Waals surface area contributed by atoms with Gasteiger partial charge in [-0.15, -0.1) is 0 Å². The molecule has 0 saturated carbocycles. The number of likely N-dealkylation sites (tertiary alicyclic amines) is 1. The van der Waals surface area contributed by atoms with Crippen molar-refractivity contribution in [1.29, 1.82) is 0 Å². The molecule has 138 valence electrons. The van der Waals surface area contributed by atoms with Crippen LogP contribution >= 0.6 is 0 Å². The number of ether oxygens (including phenoxy) is 1. The van der Waals surface area contributed by atoms with Gasteiger partial charge in [0.1, 0.15) is 17.4 Å². The highest BCUT2D eigenvalue weighted by molar-refractivity contribution is 6.27. The van der Waals surface area contributed by atoms with Crippen LogP contribution in [0, 0.1) is 0 Å². The lowest BCUT2D eigenvalue weighted by molar-refractivity contribution is -0.159. The van der Waals surface area contributed by atoms with E-state index >= 15 is 0 Å². The van der Waals surface area contributed by atoms with E-state index in [4.69, 9.17) is 24.5 Å². The Morgan fingerprint density at radius 1 is 1.04 bits per heavy atom. The van der Waals surface area contributed by atoms with E-state index < -0.39 is 17.9 Å². The van der Waals surface area contributed by atoms with Crippen LogP contribution in [-0.4, -0.2) is 64.4 Å². The average Bonchev–Trinajstić information content (AvgIpc) is 2.99. The van der Waals surface area contributed by atoms with Gasteiger partial charge in [-0.3, -0.25) is 0 Å². The number of aromatic carboxylic acids is 1. The molecular weight excluding hydrogens is 342 g/mol. The van der Waals surface area contributed by atoms with Gasteiger partial charge in [-0.25, -0.2) is 14.4 Å². The summed E-state index contributed by atoms with van der Waals surface area (Å²) >= 11 is 0. The SMILES string of the molecule is CN1CCC(Oc2cc3ccccc3cc2C(=O)O)C1.O=C(O)C(=O)O. The molecule has 0 aromatic heterocycles. The van der Waals surface area contributed by atoms with Crippen LogP contribution in [0.2, 0.25) is 0 Å². The first-order valence-corrected chi connectivity index (χ1v) is 7.85. The zero-order valence-corrected chi connectivity index (χ0v) is 14.1. The summed E-state index contributed by atoms with van der Waals surface area (Å²) < 4.78 is 5.92. The zero-order valence-electron chi connectivity index (χ0n) is 14.1. The van der Waals surface area contributed by atoms with Gasteiger partial charge in [0.05, 0.1) is 0 Å². The molecule has 0 bridgehead atoms. The quantitative estimate of drug-likeness (QED) is 0.707. The minimum atomic E-state index is -1.82. The van der Waals surface area contributed by atoms with E-state index in [0.29, 0.717) is 5.75 Å². The van der Waals surface area contributed by atoms with Crippen LogP contribution in [0.5, 0.6) is 5.75 Å². The summed E-state index contributed by atoms with van der Waals surface area (Å²) in [5.41, 5.74) is 0.234. The Kier molecular flexibility index (Phi) is 6.13. The molecular formula is C18H19NO7. The number of carbonyl (C=O) groups is 3. The second-order valence-corrected chi connectivity index (χ2v) is 5.90. The van der Waals surface area contributed by atoms with Gasteiger partial charge in [0.25, 0.3) is 0 Å². The van der Waals surface area contributed by atoms with E-state index in [9.17, 15) is 9.90 Å². The highest BCUT2D eigenvalue weighted by Gasteiger charge is 2.23. The minimum absolute atomic E-state index is 0.0688. The number of carboxylic acid groups (broad SMARTS) is 3. The van der Waals surface area contributed by atoms with E-state index in [1.165, 1.54) is 0 Å². The molecule has 0 spiro atoms. The van der Waals surface area contributed by atoms with Crippen LogP contribution in [-0.2, 0) is 9.59 Å². The van der Waals surface area contributed by atoms with Crippen molar-refractivity contribution in [2.45, 2.75) is 12.5 Å². The van der Waals surface area contributed by atoms with Crippen LogP contribution in [0.15, 0.2) is 36.4 Å². The van der Waals surface area contributed by atoms with E-state index in [0.717, 1.165) is 30.3 Å². The summed E-state index contributed by atoms with van der Waals surface area (Å²) in [7, 11) is 2.04. The Bertz CT molecular complexity index is 821. The summed E-state index contributed by atoms with van der Waals surface area (Å²) in [5.74, 6) is -4.13. The third-order valence-electron chi connectivity index (χ3n) is 3.90. The van der Waals surface area contributed by atoms with Crippen molar-refractivity contribution in [1.82, 2.24) is 4.90 Å². The standard InChI is InChI=1S/C16H17NO3.C2H2O4/c1-17-7-6-13(10-17)20-15-9-12-5-3-2-4-11(12)8-14(15)16(18)19;3-1(4)2(5)6/h2-5,8-9,13H,6-7,10H2,1H3,(H,18,19);(H,3,4)(H,5,6). The molecule has 1 saturated heterocycles. The minimum Gasteiger partial charge on any atom is -0.488 e. The van der Waals surface area contributed by atoms with Gasteiger partial charge in [-0.05, 0) is 36.4 Å². The number of likely N-dealkylation sites (N-methyl/N-ethyl adjacent to an activating group) is 1. The molecule has 0 aliphatic carbocycles. The number of carboxylic acids is 3. The molecule has 3 rings (SSSR count). The number of hydrogen-bond donors (Lipinski definition) is 3. The van der Waals surface area contributed by atoms with Crippen LogP contribution in [0.3, 0.4) is 0 Å². The van der Waals surface area contributed by atoms with E-state index in [1.54, 1.807) is 6.07 Å². The molecule has 0 amide bonds. The molecule has 8 nitrogen and oxygen atoms in total. The van der Waals surface area contributed by atoms with Gasteiger partial charge in [0.2, 0.25) is 0 Å². The summed E-state index contributed by atoms with van der Waals surface area (Å²) in [4.78, 5) is 31.8. The maximum atomic E-state index is 11.4. The van der Waals surface area contributed by atoms with Gasteiger partial charge in [0, 0.05) is 13.1 Å². The number of fused-ring (bicyclic) bond motifs is 1. The van der Waals surface area contributed by atoms with Crippen LogP contribution in [0.25, 0.3) is 10.8 Å².